The molecule has 0 saturated carbocycles. The van der Waals surface area contributed by atoms with Crippen LogP contribution in [-0.4, -0.2) is 51.3 Å². The molecular formula is C23H26FN5O4S. The first-order valence-electron chi connectivity index (χ1n) is 10.8. The van der Waals surface area contributed by atoms with E-state index in [0.717, 1.165) is 30.7 Å². The summed E-state index contributed by atoms with van der Waals surface area (Å²) in [5.74, 6) is 0.538. The smallest absolute Gasteiger partial charge is 0.262 e. The number of aromatic nitrogens is 2. The van der Waals surface area contributed by atoms with Crippen LogP contribution in [0.2, 0.25) is 0 Å². The number of halogens is 1. The van der Waals surface area contributed by atoms with Gasteiger partial charge < -0.3 is 19.7 Å². The van der Waals surface area contributed by atoms with E-state index < -0.39 is 15.8 Å². The standard InChI is InChI=1S/C23H26FN5O4S/c1-3-33-21-9-8-19(15-20(21)24)34(30,31)28-18-6-4-17(5-7-18)26-23-25-16(2)14-22(27-23)29-10-12-32-13-11-29/h4-9,14-15,28H,3,10-13H2,1-2H3,(H,25,26,27). The van der Waals surface area contributed by atoms with E-state index in [1.165, 1.54) is 12.1 Å². The molecule has 2 N–H and O–H groups in total. The second-order valence-electron chi connectivity index (χ2n) is 7.62. The third kappa shape index (κ3) is 5.72. The van der Waals surface area contributed by atoms with Crippen molar-refractivity contribution in [1.82, 2.24) is 9.97 Å². The van der Waals surface area contributed by atoms with Gasteiger partial charge in [-0.2, -0.15) is 4.98 Å². The maximum atomic E-state index is 14.1. The van der Waals surface area contributed by atoms with Crippen LogP contribution < -0.4 is 19.7 Å². The van der Waals surface area contributed by atoms with Gasteiger partial charge in [-0.25, -0.2) is 17.8 Å². The highest BCUT2D eigenvalue weighted by Gasteiger charge is 2.18. The van der Waals surface area contributed by atoms with Gasteiger partial charge in [-0.15, -0.1) is 0 Å². The number of morpholine rings is 1. The molecule has 0 unspecified atom stereocenters. The van der Waals surface area contributed by atoms with Crippen molar-refractivity contribution in [2.75, 3.05) is 47.8 Å². The average Bonchev–Trinajstić information content (AvgIpc) is 2.82. The molecule has 0 radical (unpaired) electrons. The average molecular weight is 488 g/mol. The van der Waals surface area contributed by atoms with Gasteiger partial charge in [0.25, 0.3) is 10.0 Å². The van der Waals surface area contributed by atoms with E-state index in [1.54, 1.807) is 31.2 Å². The van der Waals surface area contributed by atoms with Crippen molar-refractivity contribution < 1.29 is 22.3 Å². The lowest BCUT2D eigenvalue weighted by atomic mass is 10.3. The Bertz CT molecular complexity index is 1250. The number of hydrogen-bond acceptors (Lipinski definition) is 8. The molecule has 1 fully saturated rings. The summed E-state index contributed by atoms with van der Waals surface area (Å²) in [6.45, 7) is 6.76. The van der Waals surface area contributed by atoms with E-state index in [4.69, 9.17) is 9.47 Å². The molecule has 180 valence electrons. The predicted molar refractivity (Wildman–Crippen MR) is 128 cm³/mol. The summed E-state index contributed by atoms with van der Waals surface area (Å²) >= 11 is 0. The van der Waals surface area contributed by atoms with Crippen molar-refractivity contribution in [2.24, 2.45) is 0 Å². The summed E-state index contributed by atoms with van der Waals surface area (Å²) in [5.41, 5.74) is 1.85. The number of nitrogens with one attached hydrogen (secondary N) is 2. The topological polar surface area (TPSA) is 106 Å². The van der Waals surface area contributed by atoms with Crippen LogP contribution >= 0.6 is 0 Å². The van der Waals surface area contributed by atoms with E-state index in [9.17, 15) is 12.8 Å². The largest absolute Gasteiger partial charge is 0.491 e. The third-order valence-electron chi connectivity index (χ3n) is 5.08. The fourth-order valence-electron chi connectivity index (χ4n) is 3.45. The Morgan fingerprint density at radius 1 is 1.06 bits per heavy atom. The van der Waals surface area contributed by atoms with Crippen molar-refractivity contribution in [2.45, 2.75) is 18.7 Å². The first-order valence-corrected chi connectivity index (χ1v) is 12.3. The van der Waals surface area contributed by atoms with Gasteiger partial charge in [-0.3, -0.25) is 4.72 Å². The van der Waals surface area contributed by atoms with Gasteiger partial charge in [0.15, 0.2) is 11.6 Å². The van der Waals surface area contributed by atoms with Gasteiger partial charge in [-0.1, -0.05) is 0 Å². The summed E-state index contributed by atoms with van der Waals surface area (Å²) in [5, 5.41) is 3.15. The Hall–Kier alpha value is -3.44. The van der Waals surface area contributed by atoms with Crippen molar-refractivity contribution in [3.05, 3.63) is 60.0 Å². The lowest BCUT2D eigenvalue weighted by Crippen LogP contribution is -2.36. The number of ether oxygens (including phenoxy) is 2. The molecule has 2 aromatic carbocycles. The summed E-state index contributed by atoms with van der Waals surface area (Å²) in [4.78, 5) is 11.0. The maximum absolute atomic E-state index is 14.1. The number of hydrogen-bond donors (Lipinski definition) is 2. The van der Waals surface area contributed by atoms with Crippen LogP contribution in [0, 0.1) is 12.7 Å². The fourth-order valence-corrected chi connectivity index (χ4v) is 4.52. The minimum absolute atomic E-state index is 0.00650. The molecular weight excluding hydrogens is 461 g/mol. The third-order valence-corrected chi connectivity index (χ3v) is 6.46. The second kappa shape index (κ2) is 10.2. The SMILES string of the molecule is CCOc1ccc(S(=O)(=O)Nc2ccc(Nc3nc(C)cc(N4CCOCC4)n3)cc2)cc1F. The molecule has 0 spiro atoms. The minimum atomic E-state index is -3.97. The molecule has 0 atom stereocenters. The van der Waals surface area contributed by atoms with Crippen LogP contribution in [0.3, 0.4) is 0 Å². The predicted octanol–water partition coefficient (Wildman–Crippen LogP) is 3.70. The van der Waals surface area contributed by atoms with Crippen LogP contribution in [0.4, 0.5) is 27.5 Å². The van der Waals surface area contributed by atoms with Gasteiger partial charge in [0.05, 0.1) is 24.7 Å². The number of nitrogens with zero attached hydrogens (tertiary/aromatic N) is 3. The molecule has 2 heterocycles. The number of anilines is 4. The molecule has 0 aliphatic carbocycles. The van der Waals surface area contributed by atoms with E-state index in [2.05, 4.69) is 24.9 Å². The minimum Gasteiger partial charge on any atom is -0.491 e. The fraction of sp³-hybridized carbons (Fsp3) is 0.304. The Labute approximate surface area is 198 Å². The quantitative estimate of drug-likeness (QED) is 0.496. The zero-order chi connectivity index (χ0) is 24.1. The van der Waals surface area contributed by atoms with Crippen LogP contribution in [-0.2, 0) is 14.8 Å². The van der Waals surface area contributed by atoms with E-state index in [-0.39, 0.29) is 17.3 Å². The zero-order valence-electron chi connectivity index (χ0n) is 18.9. The monoisotopic (exact) mass is 487 g/mol. The highest BCUT2D eigenvalue weighted by atomic mass is 32.2. The molecule has 3 aromatic rings. The summed E-state index contributed by atoms with van der Waals surface area (Å²) in [6.07, 6.45) is 0. The Morgan fingerprint density at radius 3 is 2.44 bits per heavy atom. The van der Waals surface area contributed by atoms with Crippen molar-refractivity contribution in [3.63, 3.8) is 0 Å². The van der Waals surface area contributed by atoms with Crippen LogP contribution in [0.1, 0.15) is 12.6 Å². The number of aryl methyl sites for hydroxylation is 1. The molecule has 1 saturated heterocycles. The van der Waals surface area contributed by atoms with Crippen molar-refractivity contribution >= 4 is 33.2 Å². The van der Waals surface area contributed by atoms with Crippen molar-refractivity contribution in [3.8, 4) is 5.75 Å². The Balaban J connectivity index is 1.45. The van der Waals surface area contributed by atoms with E-state index in [1.807, 2.05) is 13.0 Å². The molecule has 0 amide bonds. The molecule has 1 aliphatic heterocycles. The van der Waals surface area contributed by atoms with Gasteiger partial charge >= 0.3 is 0 Å². The molecule has 0 bridgehead atoms. The number of sulfonamides is 1. The van der Waals surface area contributed by atoms with Crippen LogP contribution in [0.15, 0.2) is 53.4 Å². The van der Waals surface area contributed by atoms with Gasteiger partial charge in [0.1, 0.15) is 5.82 Å². The Morgan fingerprint density at radius 2 is 1.76 bits per heavy atom. The zero-order valence-corrected chi connectivity index (χ0v) is 19.7. The highest BCUT2D eigenvalue weighted by molar-refractivity contribution is 7.92. The lowest BCUT2D eigenvalue weighted by molar-refractivity contribution is 0.122. The lowest BCUT2D eigenvalue weighted by Gasteiger charge is -2.28. The molecule has 9 nitrogen and oxygen atoms in total. The molecule has 1 aromatic heterocycles. The molecule has 1 aliphatic rings. The summed E-state index contributed by atoms with van der Waals surface area (Å²) in [7, 11) is -3.97. The van der Waals surface area contributed by atoms with Gasteiger partial charge in [-0.05, 0) is 56.3 Å². The molecule has 11 heteroatoms. The summed E-state index contributed by atoms with van der Waals surface area (Å²) < 4.78 is 52.4. The van der Waals surface area contributed by atoms with Crippen LogP contribution in [0.5, 0.6) is 5.75 Å². The molecule has 4 rings (SSSR count). The summed E-state index contributed by atoms with van der Waals surface area (Å²) in [6, 6.07) is 12.1. The van der Waals surface area contributed by atoms with Gasteiger partial charge in [0, 0.05) is 36.2 Å². The van der Waals surface area contributed by atoms with E-state index >= 15 is 0 Å². The number of rotatable bonds is 8. The maximum Gasteiger partial charge on any atom is 0.262 e. The van der Waals surface area contributed by atoms with E-state index in [0.29, 0.717) is 30.5 Å². The second-order valence-corrected chi connectivity index (χ2v) is 9.31. The highest BCUT2D eigenvalue weighted by Crippen LogP contribution is 2.25. The van der Waals surface area contributed by atoms with Gasteiger partial charge in [0.2, 0.25) is 5.95 Å². The Kier molecular flexibility index (Phi) is 7.13. The first kappa shape index (κ1) is 23.7. The van der Waals surface area contributed by atoms with Crippen LogP contribution in [0.25, 0.3) is 0 Å². The molecule has 34 heavy (non-hydrogen) atoms. The number of benzene rings is 2. The normalized spacial score (nSPS) is 14.0. The first-order chi connectivity index (χ1) is 16.3. The van der Waals surface area contributed by atoms with Crippen molar-refractivity contribution in [1.29, 1.82) is 0 Å².